The number of hydrogen-bond acceptors (Lipinski definition) is 4. The lowest BCUT2D eigenvalue weighted by atomic mass is 10.1. The minimum Gasteiger partial charge on any atom is -0.361 e. The maximum atomic E-state index is 13.4. The van der Waals surface area contributed by atoms with Crippen LogP contribution in [-0.4, -0.2) is 28.5 Å². The van der Waals surface area contributed by atoms with Gasteiger partial charge in [0, 0.05) is 49.5 Å². The highest BCUT2D eigenvalue weighted by atomic mass is 35.5. The maximum absolute atomic E-state index is 13.4. The highest BCUT2D eigenvalue weighted by Crippen LogP contribution is 2.24. The highest BCUT2D eigenvalue weighted by molar-refractivity contribution is 8.00. The summed E-state index contributed by atoms with van der Waals surface area (Å²) in [5, 5.41) is 10.1. The van der Waals surface area contributed by atoms with Crippen molar-refractivity contribution in [2.75, 3.05) is 16.4 Å². The minimum absolute atomic E-state index is 0.0983. The number of anilines is 2. The van der Waals surface area contributed by atoms with E-state index in [0.29, 0.717) is 22.0 Å². The zero-order chi connectivity index (χ0) is 29.5. The first-order valence-corrected chi connectivity index (χ1v) is 14.5. The number of benzene rings is 4. The monoisotopic (exact) mass is 594 g/mol. The number of para-hydroxylation sites is 1. The van der Waals surface area contributed by atoms with E-state index in [4.69, 9.17) is 11.6 Å². The topological polar surface area (TPSA) is 103 Å². The van der Waals surface area contributed by atoms with E-state index in [2.05, 4.69) is 20.9 Å². The molecule has 9 heteroatoms. The number of amides is 3. The Kier molecular flexibility index (Phi) is 9.06. The van der Waals surface area contributed by atoms with Gasteiger partial charge in [0.15, 0.2) is 0 Å². The quantitative estimate of drug-likeness (QED) is 0.106. The van der Waals surface area contributed by atoms with E-state index < -0.39 is 11.8 Å². The molecule has 1 aromatic heterocycles. The van der Waals surface area contributed by atoms with Gasteiger partial charge in [0.05, 0.1) is 5.75 Å². The summed E-state index contributed by atoms with van der Waals surface area (Å²) in [6.07, 6.45) is 3.45. The van der Waals surface area contributed by atoms with Gasteiger partial charge in [0.25, 0.3) is 11.8 Å². The van der Waals surface area contributed by atoms with Gasteiger partial charge in [-0.1, -0.05) is 48.0 Å². The van der Waals surface area contributed by atoms with E-state index in [1.807, 2.05) is 55.5 Å². The van der Waals surface area contributed by atoms with Gasteiger partial charge < -0.3 is 20.9 Å². The Hall–Kier alpha value is -4.79. The van der Waals surface area contributed by atoms with Gasteiger partial charge in [-0.2, -0.15) is 0 Å². The predicted octanol–water partition coefficient (Wildman–Crippen LogP) is 7.27. The number of aromatic amines is 1. The van der Waals surface area contributed by atoms with E-state index in [0.717, 1.165) is 26.9 Å². The molecule has 4 aromatic carbocycles. The van der Waals surface area contributed by atoms with Crippen molar-refractivity contribution in [1.82, 2.24) is 10.3 Å². The molecule has 0 bridgehead atoms. The molecule has 5 rings (SSSR count). The van der Waals surface area contributed by atoms with Crippen molar-refractivity contribution in [3.63, 3.8) is 0 Å². The number of H-pyrrole nitrogens is 1. The average molecular weight is 595 g/mol. The molecule has 0 atom stereocenters. The molecule has 7 nitrogen and oxygen atoms in total. The SMILES string of the molecule is Cc1cc(NC(=O)CSc2ccc(NC(=O)C(=Cc3c[nH]c4ccccc34)NC(=O)c3ccccc3)cc2)ccc1Cl. The number of nitrogens with one attached hydrogen (secondary N) is 4. The van der Waals surface area contributed by atoms with Gasteiger partial charge in [0.2, 0.25) is 5.91 Å². The molecule has 0 aliphatic rings. The molecule has 0 unspecified atom stereocenters. The summed E-state index contributed by atoms with van der Waals surface area (Å²) in [4.78, 5) is 42.8. The van der Waals surface area contributed by atoms with Crippen LogP contribution in [0.15, 0.2) is 114 Å². The predicted molar refractivity (Wildman–Crippen MR) is 171 cm³/mol. The Labute approximate surface area is 252 Å². The first-order valence-electron chi connectivity index (χ1n) is 13.1. The molecule has 0 saturated carbocycles. The van der Waals surface area contributed by atoms with Crippen LogP contribution in [0.3, 0.4) is 0 Å². The van der Waals surface area contributed by atoms with Crippen LogP contribution < -0.4 is 16.0 Å². The van der Waals surface area contributed by atoms with Crippen LogP contribution in [0.4, 0.5) is 11.4 Å². The number of hydrogen-bond donors (Lipinski definition) is 4. The Morgan fingerprint density at radius 1 is 0.857 bits per heavy atom. The maximum Gasteiger partial charge on any atom is 0.272 e. The summed E-state index contributed by atoms with van der Waals surface area (Å²) in [6.45, 7) is 1.88. The molecule has 0 radical (unpaired) electrons. The van der Waals surface area contributed by atoms with E-state index in [1.54, 1.807) is 60.8 Å². The Morgan fingerprint density at radius 2 is 1.57 bits per heavy atom. The molecule has 1 heterocycles. The number of carbonyl (C=O) groups excluding carboxylic acids is 3. The number of carbonyl (C=O) groups is 3. The molecular formula is C33H27ClN4O3S. The van der Waals surface area contributed by atoms with E-state index in [1.165, 1.54) is 11.8 Å². The van der Waals surface area contributed by atoms with Gasteiger partial charge in [-0.15, -0.1) is 11.8 Å². The van der Waals surface area contributed by atoms with Crippen molar-refractivity contribution in [2.45, 2.75) is 11.8 Å². The highest BCUT2D eigenvalue weighted by Gasteiger charge is 2.16. The first-order chi connectivity index (χ1) is 20.4. The van der Waals surface area contributed by atoms with Crippen molar-refractivity contribution in [2.24, 2.45) is 0 Å². The third-order valence-corrected chi connectivity index (χ3v) is 7.81. The smallest absolute Gasteiger partial charge is 0.272 e. The largest absolute Gasteiger partial charge is 0.361 e. The fraction of sp³-hybridized carbons (Fsp3) is 0.0606. The molecule has 5 aromatic rings. The van der Waals surface area contributed by atoms with Gasteiger partial charge in [0.1, 0.15) is 5.70 Å². The van der Waals surface area contributed by atoms with Crippen LogP contribution in [0.1, 0.15) is 21.5 Å². The summed E-state index contributed by atoms with van der Waals surface area (Å²) in [5.74, 6) is -0.783. The number of halogens is 1. The zero-order valence-corrected chi connectivity index (χ0v) is 24.2. The lowest BCUT2D eigenvalue weighted by Gasteiger charge is -2.12. The van der Waals surface area contributed by atoms with E-state index >= 15 is 0 Å². The Morgan fingerprint density at radius 3 is 2.33 bits per heavy atom. The van der Waals surface area contributed by atoms with Crippen LogP contribution in [0.2, 0.25) is 5.02 Å². The number of thioether (sulfide) groups is 1. The van der Waals surface area contributed by atoms with E-state index in [-0.39, 0.29) is 17.4 Å². The van der Waals surface area contributed by atoms with Crippen LogP contribution >= 0.6 is 23.4 Å². The van der Waals surface area contributed by atoms with Crippen molar-refractivity contribution >= 4 is 69.4 Å². The normalized spacial score (nSPS) is 11.2. The fourth-order valence-electron chi connectivity index (χ4n) is 4.21. The molecule has 0 spiro atoms. The fourth-order valence-corrected chi connectivity index (χ4v) is 5.03. The molecule has 0 aliphatic heterocycles. The van der Waals surface area contributed by atoms with Crippen LogP contribution in [0.25, 0.3) is 17.0 Å². The second-order valence-corrected chi connectivity index (χ2v) is 10.9. The summed E-state index contributed by atoms with van der Waals surface area (Å²) in [5.41, 5.74) is 4.35. The van der Waals surface area contributed by atoms with E-state index in [9.17, 15) is 14.4 Å². The molecule has 0 saturated heterocycles. The number of aryl methyl sites for hydroxylation is 1. The van der Waals surface area contributed by atoms with Crippen LogP contribution in [0, 0.1) is 6.92 Å². The molecule has 3 amide bonds. The minimum atomic E-state index is -0.470. The van der Waals surface area contributed by atoms with Crippen molar-refractivity contribution in [1.29, 1.82) is 0 Å². The molecule has 0 fully saturated rings. The number of fused-ring (bicyclic) bond motifs is 1. The number of rotatable bonds is 9. The molecule has 4 N–H and O–H groups in total. The third kappa shape index (κ3) is 7.28. The van der Waals surface area contributed by atoms with Gasteiger partial charge in [-0.05, 0) is 79.2 Å². The van der Waals surface area contributed by atoms with Crippen LogP contribution in [0.5, 0.6) is 0 Å². The van der Waals surface area contributed by atoms with Gasteiger partial charge in [-0.3, -0.25) is 14.4 Å². The number of aromatic nitrogens is 1. The molecule has 42 heavy (non-hydrogen) atoms. The third-order valence-electron chi connectivity index (χ3n) is 6.37. The summed E-state index contributed by atoms with van der Waals surface area (Å²) in [7, 11) is 0. The standard InChI is InChI=1S/C33H27ClN4O3S/c1-21-17-25(13-16-28(21)34)36-31(39)20-42-26-14-11-24(12-15-26)37-33(41)30(38-32(40)22-7-3-2-4-8-22)18-23-19-35-29-10-6-5-9-27(23)29/h2-19,35H,20H2,1H3,(H,36,39)(H,37,41)(H,38,40). The molecular weight excluding hydrogens is 568 g/mol. The molecule has 210 valence electrons. The average Bonchev–Trinajstić information content (AvgIpc) is 3.41. The van der Waals surface area contributed by atoms with Crippen LogP contribution in [-0.2, 0) is 9.59 Å². The lowest BCUT2D eigenvalue weighted by molar-refractivity contribution is -0.114. The summed E-state index contributed by atoms with van der Waals surface area (Å²) < 4.78 is 0. The summed E-state index contributed by atoms with van der Waals surface area (Å²) in [6, 6.07) is 28.9. The van der Waals surface area contributed by atoms with Crippen molar-refractivity contribution < 1.29 is 14.4 Å². The second kappa shape index (κ2) is 13.2. The van der Waals surface area contributed by atoms with Crippen molar-refractivity contribution in [3.05, 3.63) is 131 Å². The summed E-state index contributed by atoms with van der Waals surface area (Å²) >= 11 is 7.43. The lowest BCUT2D eigenvalue weighted by Crippen LogP contribution is -2.30. The molecule has 0 aliphatic carbocycles. The van der Waals surface area contributed by atoms with Gasteiger partial charge in [-0.25, -0.2) is 0 Å². The van der Waals surface area contributed by atoms with Gasteiger partial charge >= 0.3 is 0 Å². The Balaban J connectivity index is 1.26. The zero-order valence-electron chi connectivity index (χ0n) is 22.6. The second-order valence-electron chi connectivity index (χ2n) is 9.45. The first kappa shape index (κ1) is 28.7. The van der Waals surface area contributed by atoms with Crippen molar-refractivity contribution in [3.8, 4) is 0 Å². The Bertz CT molecular complexity index is 1780.